The van der Waals surface area contributed by atoms with Gasteiger partial charge in [0, 0.05) is 9.89 Å². The lowest BCUT2D eigenvalue weighted by Crippen LogP contribution is -2.17. The van der Waals surface area contributed by atoms with E-state index in [1.807, 2.05) is 0 Å². The summed E-state index contributed by atoms with van der Waals surface area (Å²) >= 11 is 3.78. The Morgan fingerprint density at radius 3 is 2.50 bits per heavy atom. The molecule has 0 atom stereocenters. The van der Waals surface area contributed by atoms with Gasteiger partial charge in [-0.25, -0.2) is 0 Å². The van der Waals surface area contributed by atoms with E-state index in [0.29, 0.717) is 0 Å². The van der Waals surface area contributed by atoms with E-state index in [2.05, 4.69) is 73.1 Å². The van der Waals surface area contributed by atoms with Gasteiger partial charge in [-0.15, -0.1) is 0 Å². The van der Waals surface area contributed by atoms with Crippen molar-refractivity contribution in [3.63, 3.8) is 0 Å². The maximum Gasteiger partial charge on any atom is 0.0210 e. The fourth-order valence-corrected chi connectivity index (χ4v) is 4.09. The first-order valence-corrected chi connectivity index (χ1v) is 8.28. The number of hydrogen-bond acceptors (Lipinski definition) is 0. The van der Waals surface area contributed by atoms with E-state index in [-0.39, 0.29) is 5.41 Å². The zero-order valence-corrected chi connectivity index (χ0v) is 14.0. The molecule has 104 valence electrons. The summed E-state index contributed by atoms with van der Waals surface area (Å²) in [6.45, 7) is 6.98. The highest BCUT2D eigenvalue weighted by atomic mass is 79.9. The Hall–Kier alpha value is -1.08. The Morgan fingerprint density at radius 2 is 1.75 bits per heavy atom. The van der Waals surface area contributed by atoms with Crippen LogP contribution in [0.1, 0.15) is 50.3 Å². The Labute approximate surface area is 130 Å². The van der Waals surface area contributed by atoms with Gasteiger partial charge in [-0.3, -0.25) is 0 Å². The van der Waals surface area contributed by atoms with Crippen molar-refractivity contribution in [1.82, 2.24) is 0 Å². The average Bonchev–Trinajstić information content (AvgIpc) is 2.67. The number of rotatable bonds is 3. The molecule has 0 aromatic heterocycles. The first kappa shape index (κ1) is 13.9. The van der Waals surface area contributed by atoms with Crippen LogP contribution in [-0.4, -0.2) is 0 Å². The molecule has 20 heavy (non-hydrogen) atoms. The molecule has 0 bridgehead atoms. The van der Waals surface area contributed by atoms with Crippen LogP contribution in [0, 0.1) is 0 Å². The molecule has 0 N–H and O–H groups in total. The van der Waals surface area contributed by atoms with Crippen LogP contribution in [0.2, 0.25) is 0 Å². The predicted octanol–water partition coefficient (Wildman–Crippen LogP) is 6.10. The van der Waals surface area contributed by atoms with E-state index in [9.17, 15) is 0 Å². The number of halogens is 1. The van der Waals surface area contributed by atoms with Crippen molar-refractivity contribution in [2.45, 2.75) is 45.4 Å². The Balaban J connectivity index is 2.25. The summed E-state index contributed by atoms with van der Waals surface area (Å²) in [6, 6.07) is 13.4. The van der Waals surface area contributed by atoms with E-state index >= 15 is 0 Å². The maximum atomic E-state index is 3.78. The molecule has 0 amide bonds. The molecule has 1 aliphatic rings. The largest absolute Gasteiger partial charge is 0.0654 e. The minimum absolute atomic E-state index is 0.110. The first-order valence-electron chi connectivity index (χ1n) is 7.49. The zero-order valence-electron chi connectivity index (χ0n) is 12.5. The van der Waals surface area contributed by atoms with Crippen LogP contribution in [0.25, 0.3) is 11.1 Å². The van der Waals surface area contributed by atoms with Crippen molar-refractivity contribution in [2.75, 3.05) is 0 Å². The molecule has 3 rings (SSSR count). The molecule has 0 radical (unpaired) electrons. The number of benzene rings is 2. The van der Waals surface area contributed by atoms with Crippen LogP contribution < -0.4 is 0 Å². The summed E-state index contributed by atoms with van der Waals surface area (Å²) in [5, 5.41) is 0. The maximum absolute atomic E-state index is 3.78. The van der Waals surface area contributed by atoms with Crippen molar-refractivity contribution >= 4 is 15.9 Å². The monoisotopic (exact) mass is 328 g/mol. The minimum atomic E-state index is 0.110. The smallest absolute Gasteiger partial charge is 0.0210 e. The lowest BCUT2D eigenvalue weighted by atomic mass is 9.79. The molecular formula is C19H21Br. The van der Waals surface area contributed by atoms with Gasteiger partial charge in [0.25, 0.3) is 0 Å². The van der Waals surface area contributed by atoms with Crippen molar-refractivity contribution in [3.05, 3.63) is 57.6 Å². The summed E-state index contributed by atoms with van der Waals surface area (Å²) in [6.07, 6.45) is 3.66. The number of unbranched alkanes of at least 4 members (excludes halogenated alkanes) is 1. The minimum Gasteiger partial charge on any atom is -0.0654 e. The summed E-state index contributed by atoms with van der Waals surface area (Å²) in [5.74, 6) is 0. The summed E-state index contributed by atoms with van der Waals surface area (Å²) in [7, 11) is 0. The second-order valence-corrected chi connectivity index (χ2v) is 7.08. The third-order valence-corrected chi connectivity index (χ3v) is 5.29. The van der Waals surface area contributed by atoms with Crippen molar-refractivity contribution in [3.8, 4) is 11.1 Å². The van der Waals surface area contributed by atoms with Crippen LogP contribution in [-0.2, 0) is 11.8 Å². The van der Waals surface area contributed by atoms with Gasteiger partial charge >= 0.3 is 0 Å². The van der Waals surface area contributed by atoms with Gasteiger partial charge in [0.1, 0.15) is 0 Å². The summed E-state index contributed by atoms with van der Waals surface area (Å²) < 4.78 is 1.27. The highest BCUT2D eigenvalue weighted by Gasteiger charge is 2.37. The SMILES string of the molecule is CCCCc1c(Br)ccc2c1C(C)(C)c1ccccc1-2. The first-order chi connectivity index (χ1) is 9.57. The molecule has 1 heteroatoms. The highest BCUT2D eigenvalue weighted by Crippen LogP contribution is 2.51. The quantitative estimate of drug-likeness (QED) is 0.638. The van der Waals surface area contributed by atoms with Gasteiger partial charge < -0.3 is 0 Å². The summed E-state index contributed by atoms with van der Waals surface area (Å²) in [4.78, 5) is 0. The second kappa shape index (κ2) is 5.04. The molecule has 0 spiro atoms. The fourth-order valence-electron chi connectivity index (χ4n) is 3.56. The van der Waals surface area contributed by atoms with E-state index in [1.54, 1.807) is 0 Å². The summed E-state index contributed by atoms with van der Waals surface area (Å²) in [5.41, 5.74) is 7.45. The normalized spacial score (nSPS) is 15.0. The Kier molecular flexibility index (Phi) is 3.50. The van der Waals surface area contributed by atoms with Crippen LogP contribution in [0.4, 0.5) is 0 Å². The molecule has 0 unspecified atom stereocenters. The molecule has 0 fully saturated rings. The van der Waals surface area contributed by atoms with E-state index in [1.165, 1.54) is 45.1 Å². The van der Waals surface area contributed by atoms with Crippen LogP contribution in [0.15, 0.2) is 40.9 Å². The standard InChI is InChI=1S/C19H21Br/c1-4-5-8-15-17(20)12-11-14-13-9-6-7-10-16(13)19(2,3)18(14)15/h6-7,9-12H,4-5,8H2,1-3H3. The van der Waals surface area contributed by atoms with E-state index in [0.717, 1.165) is 6.42 Å². The lowest BCUT2D eigenvalue weighted by Gasteiger charge is -2.25. The molecule has 0 saturated heterocycles. The third kappa shape index (κ3) is 1.95. The molecule has 1 aliphatic carbocycles. The van der Waals surface area contributed by atoms with E-state index in [4.69, 9.17) is 0 Å². The van der Waals surface area contributed by atoms with Gasteiger partial charge in [0.05, 0.1) is 0 Å². The Bertz CT molecular complexity index is 653. The fraction of sp³-hybridized carbons (Fsp3) is 0.368. The second-order valence-electron chi connectivity index (χ2n) is 6.22. The van der Waals surface area contributed by atoms with Gasteiger partial charge in [0.2, 0.25) is 0 Å². The van der Waals surface area contributed by atoms with Gasteiger partial charge in [-0.1, -0.05) is 73.5 Å². The lowest BCUT2D eigenvalue weighted by molar-refractivity contribution is 0.644. The van der Waals surface area contributed by atoms with Gasteiger partial charge in [0.15, 0.2) is 0 Å². The molecule has 0 aliphatic heterocycles. The van der Waals surface area contributed by atoms with Gasteiger partial charge in [-0.2, -0.15) is 0 Å². The molecule has 0 heterocycles. The molecule has 0 saturated carbocycles. The van der Waals surface area contributed by atoms with Crippen LogP contribution >= 0.6 is 15.9 Å². The molecule has 2 aromatic rings. The molecular weight excluding hydrogens is 308 g/mol. The van der Waals surface area contributed by atoms with Crippen LogP contribution in [0.3, 0.4) is 0 Å². The third-order valence-electron chi connectivity index (χ3n) is 4.55. The van der Waals surface area contributed by atoms with Gasteiger partial charge in [-0.05, 0) is 46.7 Å². The zero-order chi connectivity index (χ0) is 14.3. The van der Waals surface area contributed by atoms with Crippen molar-refractivity contribution in [1.29, 1.82) is 0 Å². The van der Waals surface area contributed by atoms with Crippen LogP contribution in [0.5, 0.6) is 0 Å². The van der Waals surface area contributed by atoms with E-state index < -0.39 is 0 Å². The average molecular weight is 329 g/mol. The number of hydrogen-bond donors (Lipinski definition) is 0. The highest BCUT2D eigenvalue weighted by molar-refractivity contribution is 9.10. The van der Waals surface area contributed by atoms with Crippen molar-refractivity contribution in [2.24, 2.45) is 0 Å². The topological polar surface area (TPSA) is 0 Å². The van der Waals surface area contributed by atoms with Crippen molar-refractivity contribution < 1.29 is 0 Å². The molecule has 0 nitrogen and oxygen atoms in total. The number of fused-ring (bicyclic) bond motifs is 3. The predicted molar refractivity (Wildman–Crippen MR) is 90.3 cm³/mol. The Morgan fingerprint density at radius 1 is 1.00 bits per heavy atom. The molecule has 2 aromatic carbocycles.